The van der Waals surface area contributed by atoms with Crippen LogP contribution in [0.5, 0.6) is 0 Å². The van der Waals surface area contributed by atoms with Gasteiger partial charge in [0, 0.05) is 18.1 Å². The van der Waals surface area contributed by atoms with E-state index in [1.807, 2.05) is 0 Å². The number of hydrogen-bond acceptors (Lipinski definition) is 3. The summed E-state index contributed by atoms with van der Waals surface area (Å²) in [7, 11) is 0. The Kier molecular flexibility index (Phi) is 6.10. The Morgan fingerprint density at radius 3 is 2.93 bits per heavy atom. The lowest BCUT2D eigenvalue weighted by molar-refractivity contribution is -0.142. The van der Waals surface area contributed by atoms with Crippen molar-refractivity contribution in [2.24, 2.45) is 0 Å². The van der Waals surface area contributed by atoms with E-state index in [0.29, 0.717) is 0 Å². The molecule has 3 nitrogen and oxygen atoms in total. The highest BCUT2D eigenvalue weighted by molar-refractivity contribution is 7.99. The standard InChI is InChI=1S/C11H21NO2S/c1-2-3-4-5-6-12-7-8-15-9-10(12)11(13)14/h10H,2-9H2,1H3,(H,13,14). The van der Waals surface area contributed by atoms with E-state index in [-0.39, 0.29) is 6.04 Å². The summed E-state index contributed by atoms with van der Waals surface area (Å²) in [5, 5.41) is 9.06. The van der Waals surface area contributed by atoms with Crippen molar-refractivity contribution in [3.8, 4) is 0 Å². The third-order valence-corrected chi connectivity index (χ3v) is 3.85. The Morgan fingerprint density at radius 2 is 2.27 bits per heavy atom. The third-order valence-electron chi connectivity index (χ3n) is 2.82. The minimum Gasteiger partial charge on any atom is -0.480 e. The van der Waals surface area contributed by atoms with Gasteiger partial charge in [-0.15, -0.1) is 0 Å². The summed E-state index contributed by atoms with van der Waals surface area (Å²) in [6, 6.07) is -0.245. The van der Waals surface area contributed by atoms with Crippen LogP contribution in [-0.4, -0.2) is 46.6 Å². The smallest absolute Gasteiger partial charge is 0.321 e. The van der Waals surface area contributed by atoms with Crippen LogP contribution in [0.3, 0.4) is 0 Å². The molecular formula is C11H21NO2S. The van der Waals surface area contributed by atoms with Gasteiger partial charge < -0.3 is 5.11 Å². The number of carboxylic acids is 1. The molecule has 0 aromatic carbocycles. The number of rotatable bonds is 6. The van der Waals surface area contributed by atoms with E-state index in [1.165, 1.54) is 19.3 Å². The van der Waals surface area contributed by atoms with Gasteiger partial charge in [0.1, 0.15) is 6.04 Å². The molecule has 4 heteroatoms. The highest BCUT2D eigenvalue weighted by Crippen LogP contribution is 2.17. The Balaban J connectivity index is 2.26. The van der Waals surface area contributed by atoms with Crippen molar-refractivity contribution in [2.45, 2.75) is 38.6 Å². The van der Waals surface area contributed by atoms with Crippen LogP contribution in [0.25, 0.3) is 0 Å². The first kappa shape index (κ1) is 12.8. The monoisotopic (exact) mass is 231 g/mol. The second-order valence-corrected chi connectivity index (χ2v) is 5.18. The number of nitrogens with zero attached hydrogens (tertiary/aromatic N) is 1. The van der Waals surface area contributed by atoms with Crippen LogP contribution in [0.1, 0.15) is 32.6 Å². The van der Waals surface area contributed by atoms with E-state index >= 15 is 0 Å². The maximum atomic E-state index is 11.0. The second kappa shape index (κ2) is 7.12. The highest BCUT2D eigenvalue weighted by atomic mass is 32.2. The summed E-state index contributed by atoms with van der Waals surface area (Å²) in [5.41, 5.74) is 0. The first-order valence-electron chi connectivity index (χ1n) is 5.80. The zero-order chi connectivity index (χ0) is 11.1. The number of unbranched alkanes of at least 4 members (excludes halogenated alkanes) is 3. The number of carbonyl (C=O) groups is 1. The minimum atomic E-state index is -0.655. The van der Waals surface area contributed by atoms with Crippen LogP contribution in [0.15, 0.2) is 0 Å². The van der Waals surface area contributed by atoms with Crippen LogP contribution in [-0.2, 0) is 4.79 Å². The van der Waals surface area contributed by atoms with Crippen molar-refractivity contribution in [1.29, 1.82) is 0 Å². The fraction of sp³-hybridized carbons (Fsp3) is 0.909. The van der Waals surface area contributed by atoms with Gasteiger partial charge in [-0.05, 0) is 13.0 Å². The summed E-state index contributed by atoms with van der Waals surface area (Å²) >= 11 is 1.76. The molecule has 1 atom stereocenters. The molecule has 88 valence electrons. The lowest BCUT2D eigenvalue weighted by atomic mass is 10.2. The van der Waals surface area contributed by atoms with E-state index < -0.39 is 5.97 Å². The third kappa shape index (κ3) is 4.43. The molecule has 0 radical (unpaired) electrons. The molecule has 0 spiro atoms. The highest BCUT2D eigenvalue weighted by Gasteiger charge is 2.27. The molecule has 0 amide bonds. The van der Waals surface area contributed by atoms with Gasteiger partial charge in [0.15, 0.2) is 0 Å². The average Bonchev–Trinajstić information content (AvgIpc) is 2.25. The molecule has 1 heterocycles. The maximum absolute atomic E-state index is 11.0. The number of aliphatic carboxylic acids is 1. The topological polar surface area (TPSA) is 40.5 Å². The van der Waals surface area contributed by atoms with Gasteiger partial charge in [-0.1, -0.05) is 26.2 Å². The van der Waals surface area contributed by atoms with Crippen molar-refractivity contribution < 1.29 is 9.90 Å². The minimum absolute atomic E-state index is 0.245. The predicted molar refractivity (Wildman–Crippen MR) is 64.5 cm³/mol. The summed E-state index contributed by atoms with van der Waals surface area (Å²) < 4.78 is 0. The fourth-order valence-corrected chi connectivity index (χ4v) is 2.98. The number of hydrogen-bond donors (Lipinski definition) is 1. The molecule has 1 fully saturated rings. The predicted octanol–water partition coefficient (Wildman–Crippen LogP) is 2.07. The van der Waals surface area contributed by atoms with Gasteiger partial charge in [-0.3, -0.25) is 9.69 Å². The van der Waals surface area contributed by atoms with Crippen LogP contribution in [0, 0.1) is 0 Å². The quantitative estimate of drug-likeness (QED) is 0.710. The summed E-state index contributed by atoms with van der Waals surface area (Å²) in [4.78, 5) is 13.1. The Hall–Kier alpha value is -0.220. The van der Waals surface area contributed by atoms with Gasteiger partial charge in [-0.2, -0.15) is 11.8 Å². The molecule has 1 aliphatic heterocycles. The SMILES string of the molecule is CCCCCCN1CCSCC1C(=O)O. The van der Waals surface area contributed by atoms with Gasteiger partial charge in [0.25, 0.3) is 0 Å². The second-order valence-electron chi connectivity index (χ2n) is 4.03. The number of carboxylic acid groups (broad SMARTS) is 1. The molecule has 0 saturated carbocycles. The fourth-order valence-electron chi connectivity index (χ4n) is 1.87. The van der Waals surface area contributed by atoms with Gasteiger partial charge >= 0.3 is 5.97 Å². The van der Waals surface area contributed by atoms with E-state index in [9.17, 15) is 4.79 Å². The Bertz CT molecular complexity index is 199. The lowest BCUT2D eigenvalue weighted by Gasteiger charge is -2.32. The van der Waals surface area contributed by atoms with Crippen molar-refractivity contribution in [2.75, 3.05) is 24.6 Å². The molecule has 1 saturated heterocycles. The van der Waals surface area contributed by atoms with Crippen molar-refractivity contribution in [1.82, 2.24) is 4.90 Å². The molecule has 1 rings (SSSR count). The Morgan fingerprint density at radius 1 is 1.47 bits per heavy atom. The molecule has 0 aromatic heterocycles. The molecule has 0 aromatic rings. The van der Waals surface area contributed by atoms with E-state index in [4.69, 9.17) is 5.11 Å². The van der Waals surface area contributed by atoms with Crippen LogP contribution >= 0.6 is 11.8 Å². The van der Waals surface area contributed by atoms with Crippen LogP contribution in [0.2, 0.25) is 0 Å². The first-order valence-corrected chi connectivity index (χ1v) is 6.95. The van der Waals surface area contributed by atoms with E-state index in [1.54, 1.807) is 11.8 Å². The van der Waals surface area contributed by atoms with Crippen LogP contribution < -0.4 is 0 Å². The lowest BCUT2D eigenvalue weighted by Crippen LogP contribution is -2.47. The molecule has 1 aliphatic rings. The first-order chi connectivity index (χ1) is 7.25. The molecule has 15 heavy (non-hydrogen) atoms. The van der Waals surface area contributed by atoms with Gasteiger partial charge in [0.05, 0.1) is 0 Å². The molecule has 0 aliphatic carbocycles. The molecule has 0 bridgehead atoms. The largest absolute Gasteiger partial charge is 0.480 e. The zero-order valence-corrected chi connectivity index (χ0v) is 10.3. The van der Waals surface area contributed by atoms with Gasteiger partial charge in [0.2, 0.25) is 0 Å². The van der Waals surface area contributed by atoms with Crippen molar-refractivity contribution in [3.63, 3.8) is 0 Å². The summed E-state index contributed by atoms with van der Waals surface area (Å²) in [6.45, 7) is 4.09. The number of thioether (sulfide) groups is 1. The molecule has 1 unspecified atom stereocenters. The Labute approximate surface area is 96.2 Å². The molecule has 1 N–H and O–H groups in total. The van der Waals surface area contributed by atoms with E-state index in [2.05, 4.69) is 11.8 Å². The van der Waals surface area contributed by atoms with Crippen molar-refractivity contribution >= 4 is 17.7 Å². The average molecular weight is 231 g/mol. The summed E-state index contributed by atoms with van der Waals surface area (Å²) in [6.07, 6.45) is 4.87. The van der Waals surface area contributed by atoms with E-state index in [0.717, 1.165) is 31.0 Å². The summed E-state index contributed by atoms with van der Waals surface area (Å²) in [5.74, 6) is 1.18. The molecular weight excluding hydrogens is 210 g/mol. The van der Waals surface area contributed by atoms with Gasteiger partial charge in [-0.25, -0.2) is 0 Å². The zero-order valence-electron chi connectivity index (χ0n) is 9.45. The maximum Gasteiger partial charge on any atom is 0.321 e. The van der Waals surface area contributed by atoms with Crippen molar-refractivity contribution in [3.05, 3.63) is 0 Å². The van der Waals surface area contributed by atoms with Crippen LogP contribution in [0.4, 0.5) is 0 Å². The normalized spacial score (nSPS) is 22.9.